The van der Waals surface area contributed by atoms with Crippen molar-refractivity contribution in [1.29, 1.82) is 0 Å². The second kappa shape index (κ2) is 8.41. The van der Waals surface area contributed by atoms with E-state index in [9.17, 15) is 9.59 Å². The van der Waals surface area contributed by atoms with Gasteiger partial charge in [0.15, 0.2) is 0 Å². The van der Waals surface area contributed by atoms with Crippen molar-refractivity contribution >= 4 is 33.4 Å². The molecular weight excluding hydrogens is 382 g/mol. The van der Waals surface area contributed by atoms with E-state index in [1.54, 1.807) is 11.3 Å². The van der Waals surface area contributed by atoms with E-state index in [4.69, 9.17) is 0 Å². The smallest absolute Gasteiger partial charge is 0.270 e. The predicted molar refractivity (Wildman–Crippen MR) is 117 cm³/mol. The van der Waals surface area contributed by atoms with Crippen LogP contribution in [0.3, 0.4) is 0 Å². The van der Waals surface area contributed by atoms with Gasteiger partial charge in [-0.1, -0.05) is 30.3 Å². The normalized spacial score (nSPS) is 17.1. The van der Waals surface area contributed by atoms with E-state index in [1.165, 1.54) is 5.56 Å². The standard InChI is InChI=1S/C23H27N3O2S/c1-3-25-20(15-19-11-14-29-23(19)25)22(28)24-12-13-26(17(2)16-24)21(27)10-9-18-7-5-4-6-8-18/h4-8,11,14-15,17H,3,9-10,12-13,16H2,1-2H3. The summed E-state index contributed by atoms with van der Waals surface area (Å²) in [5.41, 5.74) is 1.94. The lowest BCUT2D eigenvalue weighted by Crippen LogP contribution is -2.55. The number of nitrogens with zero attached hydrogens (tertiary/aromatic N) is 3. The first-order valence-corrected chi connectivity index (χ1v) is 11.2. The van der Waals surface area contributed by atoms with Crippen LogP contribution >= 0.6 is 11.3 Å². The number of aromatic nitrogens is 1. The summed E-state index contributed by atoms with van der Waals surface area (Å²) in [5.74, 6) is 0.240. The molecule has 2 aromatic heterocycles. The summed E-state index contributed by atoms with van der Waals surface area (Å²) in [5, 5.41) is 3.19. The Morgan fingerprint density at radius 2 is 1.93 bits per heavy atom. The molecule has 1 unspecified atom stereocenters. The maximum Gasteiger partial charge on any atom is 0.270 e. The van der Waals surface area contributed by atoms with Crippen LogP contribution in [-0.4, -0.2) is 51.9 Å². The molecule has 4 rings (SSSR count). The molecule has 5 nitrogen and oxygen atoms in total. The molecule has 152 valence electrons. The van der Waals surface area contributed by atoms with Crippen LogP contribution < -0.4 is 0 Å². The molecule has 0 bridgehead atoms. The van der Waals surface area contributed by atoms with Gasteiger partial charge in [-0.25, -0.2) is 0 Å². The third-order valence-electron chi connectivity index (χ3n) is 5.74. The number of hydrogen-bond acceptors (Lipinski definition) is 3. The second-order valence-electron chi connectivity index (χ2n) is 7.63. The molecule has 0 N–H and O–H groups in total. The minimum absolute atomic E-state index is 0.0297. The van der Waals surface area contributed by atoms with Crippen LogP contribution in [0.15, 0.2) is 47.8 Å². The van der Waals surface area contributed by atoms with Gasteiger partial charge in [0.1, 0.15) is 10.5 Å². The van der Waals surface area contributed by atoms with E-state index >= 15 is 0 Å². The largest absolute Gasteiger partial charge is 0.336 e. The van der Waals surface area contributed by atoms with Crippen molar-refractivity contribution in [3.05, 3.63) is 59.1 Å². The summed E-state index contributed by atoms with van der Waals surface area (Å²) >= 11 is 1.67. The second-order valence-corrected chi connectivity index (χ2v) is 8.52. The van der Waals surface area contributed by atoms with Gasteiger partial charge in [0.25, 0.3) is 5.91 Å². The number of amides is 2. The fourth-order valence-corrected chi connectivity index (χ4v) is 5.14. The fourth-order valence-electron chi connectivity index (χ4n) is 4.18. The molecule has 1 saturated heterocycles. The zero-order valence-corrected chi connectivity index (χ0v) is 17.8. The molecule has 1 atom stereocenters. The maximum absolute atomic E-state index is 13.2. The first-order chi connectivity index (χ1) is 14.1. The molecule has 2 amide bonds. The number of piperazine rings is 1. The highest BCUT2D eigenvalue weighted by Gasteiger charge is 2.31. The molecule has 1 aromatic carbocycles. The first-order valence-electron chi connectivity index (χ1n) is 10.3. The maximum atomic E-state index is 13.2. The Kier molecular flexibility index (Phi) is 5.72. The molecule has 0 saturated carbocycles. The lowest BCUT2D eigenvalue weighted by molar-refractivity contribution is -0.135. The number of carbonyl (C=O) groups is 2. The third-order valence-corrected chi connectivity index (χ3v) is 6.69. The van der Waals surface area contributed by atoms with Crippen molar-refractivity contribution in [1.82, 2.24) is 14.4 Å². The highest BCUT2D eigenvalue weighted by atomic mass is 32.1. The Bertz CT molecular complexity index is 1010. The molecular formula is C23H27N3O2S. The van der Waals surface area contributed by atoms with Crippen LogP contribution in [0.2, 0.25) is 0 Å². The number of carbonyl (C=O) groups excluding carboxylic acids is 2. The highest BCUT2D eigenvalue weighted by Crippen LogP contribution is 2.26. The monoisotopic (exact) mass is 409 g/mol. The van der Waals surface area contributed by atoms with E-state index in [0.717, 1.165) is 28.9 Å². The van der Waals surface area contributed by atoms with Crippen molar-refractivity contribution < 1.29 is 9.59 Å². The number of hydrogen-bond donors (Lipinski definition) is 0. The zero-order valence-electron chi connectivity index (χ0n) is 17.0. The Labute approximate surface area is 175 Å². The van der Waals surface area contributed by atoms with Crippen LogP contribution in [0.5, 0.6) is 0 Å². The van der Waals surface area contributed by atoms with E-state index in [-0.39, 0.29) is 17.9 Å². The molecule has 3 aromatic rings. The summed E-state index contributed by atoms with van der Waals surface area (Å²) < 4.78 is 2.10. The van der Waals surface area contributed by atoms with Gasteiger partial charge in [-0.05, 0) is 43.3 Å². The molecule has 1 aliphatic heterocycles. The number of fused-ring (bicyclic) bond motifs is 1. The van der Waals surface area contributed by atoms with Gasteiger partial charge < -0.3 is 14.4 Å². The van der Waals surface area contributed by atoms with Crippen molar-refractivity contribution in [2.45, 2.75) is 39.3 Å². The van der Waals surface area contributed by atoms with Gasteiger partial charge in [-0.15, -0.1) is 11.3 Å². The summed E-state index contributed by atoms with van der Waals surface area (Å²) in [6, 6.07) is 14.2. The summed E-state index contributed by atoms with van der Waals surface area (Å²) in [6.45, 7) is 6.65. The number of thiophene rings is 1. The average Bonchev–Trinajstić information content (AvgIpc) is 3.33. The lowest BCUT2D eigenvalue weighted by atomic mass is 10.1. The van der Waals surface area contributed by atoms with Crippen LogP contribution in [0.1, 0.15) is 36.3 Å². The van der Waals surface area contributed by atoms with Crippen LogP contribution in [-0.2, 0) is 17.8 Å². The molecule has 0 spiro atoms. The molecule has 1 fully saturated rings. The Balaban J connectivity index is 1.39. The summed E-state index contributed by atoms with van der Waals surface area (Å²) in [4.78, 5) is 30.9. The van der Waals surface area contributed by atoms with Crippen molar-refractivity contribution in [3.63, 3.8) is 0 Å². The summed E-state index contributed by atoms with van der Waals surface area (Å²) in [6.07, 6.45) is 1.27. The quantitative estimate of drug-likeness (QED) is 0.639. The molecule has 29 heavy (non-hydrogen) atoms. The van der Waals surface area contributed by atoms with Crippen LogP contribution in [0.25, 0.3) is 10.2 Å². The van der Waals surface area contributed by atoms with Gasteiger partial charge in [0, 0.05) is 44.0 Å². The van der Waals surface area contributed by atoms with Crippen LogP contribution in [0, 0.1) is 0 Å². The minimum atomic E-state index is 0.0297. The Hall–Kier alpha value is -2.60. The molecule has 3 heterocycles. The van der Waals surface area contributed by atoms with E-state index in [2.05, 4.69) is 35.1 Å². The summed E-state index contributed by atoms with van der Waals surface area (Å²) in [7, 11) is 0. The minimum Gasteiger partial charge on any atom is -0.336 e. The number of rotatable bonds is 5. The van der Waals surface area contributed by atoms with E-state index in [0.29, 0.717) is 26.1 Å². The van der Waals surface area contributed by atoms with Gasteiger partial charge in [0.2, 0.25) is 5.91 Å². The van der Waals surface area contributed by atoms with Crippen molar-refractivity contribution in [3.8, 4) is 0 Å². The van der Waals surface area contributed by atoms with Crippen molar-refractivity contribution in [2.75, 3.05) is 19.6 Å². The molecule has 0 radical (unpaired) electrons. The first kappa shape index (κ1) is 19.7. The van der Waals surface area contributed by atoms with Gasteiger partial charge in [0.05, 0.1) is 0 Å². The average molecular weight is 410 g/mol. The molecule has 1 aliphatic rings. The van der Waals surface area contributed by atoms with Gasteiger partial charge in [-0.2, -0.15) is 0 Å². The van der Waals surface area contributed by atoms with Crippen molar-refractivity contribution in [2.24, 2.45) is 0 Å². The number of benzene rings is 1. The Morgan fingerprint density at radius 3 is 2.66 bits per heavy atom. The van der Waals surface area contributed by atoms with Crippen LogP contribution in [0.4, 0.5) is 0 Å². The lowest BCUT2D eigenvalue weighted by Gasteiger charge is -2.40. The van der Waals surface area contributed by atoms with E-state index < -0.39 is 0 Å². The third kappa shape index (κ3) is 3.94. The highest BCUT2D eigenvalue weighted by molar-refractivity contribution is 7.16. The SMILES string of the molecule is CCn1c(C(=O)N2CCN(C(=O)CCc3ccccc3)C(C)C2)cc2ccsc21. The van der Waals surface area contributed by atoms with E-state index in [1.807, 2.05) is 41.0 Å². The molecule has 0 aliphatic carbocycles. The molecule has 6 heteroatoms. The van der Waals surface area contributed by atoms with Gasteiger partial charge >= 0.3 is 0 Å². The predicted octanol–water partition coefficient (Wildman–Crippen LogP) is 4.03. The number of aryl methyl sites for hydroxylation is 2. The Morgan fingerprint density at radius 1 is 1.14 bits per heavy atom. The van der Waals surface area contributed by atoms with Gasteiger partial charge in [-0.3, -0.25) is 9.59 Å². The topological polar surface area (TPSA) is 45.6 Å². The fraction of sp³-hybridized carbons (Fsp3) is 0.391. The zero-order chi connectivity index (χ0) is 20.4.